The van der Waals surface area contributed by atoms with Gasteiger partial charge >= 0.3 is 0 Å². The SMILES string of the molecule is CCOc1ncccc1C(=O)NC1CCCc2[nH]c(=O)c(C(N)=O)cc21. The Balaban J connectivity index is 1.91. The second-order valence-electron chi connectivity index (χ2n) is 6.02. The van der Waals surface area contributed by atoms with Gasteiger partial charge in [0.15, 0.2) is 0 Å². The number of ether oxygens (including phenoxy) is 1. The first-order valence-corrected chi connectivity index (χ1v) is 8.45. The highest BCUT2D eigenvalue weighted by molar-refractivity contribution is 5.96. The lowest BCUT2D eigenvalue weighted by Crippen LogP contribution is -2.34. The maximum Gasteiger partial charge on any atom is 0.261 e. The minimum absolute atomic E-state index is 0.110. The number of primary amides is 1. The quantitative estimate of drug-likeness (QED) is 0.738. The number of aromatic nitrogens is 2. The molecule has 136 valence electrons. The van der Waals surface area contributed by atoms with Gasteiger partial charge in [0.05, 0.1) is 12.6 Å². The molecule has 0 bridgehead atoms. The molecule has 0 spiro atoms. The van der Waals surface area contributed by atoms with E-state index in [1.807, 2.05) is 6.92 Å². The molecule has 1 atom stereocenters. The predicted octanol–water partition coefficient (Wildman–Crippen LogP) is 1.07. The second kappa shape index (κ2) is 7.38. The average Bonchev–Trinajstić information content (AvgIpc) is 2.61. The Bertz CT molecular complexity index is 906. The van der Waals surface area contributed by atoms with Gasteiger partial charge in [0.25, 0.3) is 17.4 Å². The molecule has 26 heavy (non-hydrogen) atoms. The Labute approximate surface area is 149 Å². The van der Waals surface area contributed by atoms with Gasteiger partial charge in [-0.3, -0.25) is 14.4 Å². The number of aromatic amines is 1. The van der Waals surface area contributed by atoms with E-state index >= 15 is 0 Å². The third kappa shape index (κ3) is 3.44. The Morgan fingerprint density at radius 1 is 1.42 bits per heavy atom. The topological polar surface area (TPSA) is 127 Å². The summed E-state index contributed by atoms with van der Waals surface area (Å²) >= 11 is 0. The van der Waals surface area contributed by atoms with Crippen LogP contribution >= 0.6 is 0 Å². The van der Waals surface area contributed by atoms with Gasteiger partial charge in [-0.25, -0.2) is 4.98 Å². The molecule has 0 radical (unpaired) electrons. The number of hydrogen-bond acceptors (Lipinski definition) is 5. The van der Waals surface area contributed by atoms with Crippen molar-refractivity contribution in [1.82, 2.24) is 15.3 Å². The maximum atomic E-state index is 12.7. The van der Waals surface area contributed by atoms with Crippen molar-refractivity contribution >= 4 is 11.8 Å². The minimum atomic E-state index is -0.796. The first kappa shape index (κ1) is 17.7. The van der Waals surface area contributed by atoms with E-state index in [2.05, 4.69) is 15.3 Å². The molecule has 4 N–H and O–H groups in total. The molecule has 8 heteroatoms. The number of pyridine rings is 2. The van der Waals surface area contributed by atoms with E-state index < -0.39 is 11.5 Å². The van der Waals surface area contributed by atoms with Crippen LogP contribution in [0.1, 0.15) is 57.8 Å². The minimum Gasteiger partial charge on any atom is -0.477 e. The van der Waals surface area contributed by atoms with Gasteiger partial charge in [0, 0.05) is 11.9 Å². The van der Waals surface area contributed by atoms with E-state index in [9.17, 15) is 14.4 Å². The number of aryl methyl sites for hydroxylation is 1. The van der Waals surface area contributed by atoms with Crippen molar-refractivity contribution in [3.8, 4) is 5.88 Å². The molecular formula is C18H20N4O4. The molecular weight excluding hydrogens is 336 g/mol. The van der Waals surface area contributed by atoms with Crippen LogP contribution in [0.5, 0.6) is 5.88 Å². The number of nitrogens with zero attached hydrogens (tertiary/aromatic N) is 1. The number of nitrogens with one attached hydrogen (secondary N) is 2. The van der Waals surface area contributed by atoms with Crippen LogP contribution in [0.3, 0.4) is 0 Å². The van der Waals surface area contributed by atoms with E-state index in [1.54, 1.807) is 18.3 Å². The molecule has 3 rings (SSSR count). The summed E-state index contributed by atoms with van der Waals surface area (Å²) in [6.07, 6.45) is 3.72. The largest absolute Gasteiger partial charge is 0.477 e. The molecule has 0 fully saturated rings. The van der Waals surface area contributed by atoms with Crippen LogP contribution in [0.15, 0.2) is 29.2 Å². The summed E-state index contributed by atoms with van der Waals surface area (Å²) in [5.41, 5.74) is 6.41. The fourth-order valence-corrected chi connectivity index (χ4v) is 3.13. The zero-order valence-corrected chi connectivity index (χ0v) is 14.4. The van der Waals surface area contributed by atoms with Crippen LogP contribution in [0.4, 0.5) is 0 Å². The summed E-state index contributed by atoms with van der Waals surface area (Å²) in [6, 6.07) is 4.44. The van der Waals surface area contributed by atoms with Crippen molar-refractivity contribution < 1.29 is 14.3 Å². The molecule has 0 aliphatic heterocycles. The lowest BCUT2D eigenvalue weighted by atomic mass is 9.90. The van der Waals surface area contributed by atoms with E-state index in [0.29, 0.717) is 36.3 Å². The van der Waals surface area contributed by atoms with Gasteiger partial charge in [-0.05, 0) is 49.9 Å². The Morgan fingerprint density at radius 2 is 2.23 bits per heavy atom. The van der Waals surface area contributed by atoms with Gasteiger partial charge < -0.3 is 20.8 Å². The molecule has 1 aliphatic rings. The third-order valence-electron chi connectivity index (χ3n) is 4.32. The molecule has 2 aromatic rings. The number of carbonyl (C=O) groups is 2. The third-order valence-corrected chi connectivity index (χ3v) is 4.32. The molecule has 0 saturated carbocycles. The fourth-order valence-electron chi connectivity index (χ4n) is 3.13. The highest BCUT2D eigenvalue weighted by Gasteiger charge is 2.26. The van der Waals surface area contributed by atoms with Crippen LogP contribution in [0.25, 0.3) is 0 Å². The number of hydrogen-bond donors (Lipinski definition) is 3. The summed E-state index contributed by atoms with van der Waals surface area (Å²) in [5, 5.41) is 2.94. The first-order chi connectivity index (χ1) is 12.5. The van der Waals surface area contributed by atoms with E-state index in [4.69, 9.17) is 10.5 Å². The summed E-state index contributed by atoms with van der Waals surface area (Å²) in [4.78, 5) is 42.9. The lowest BCUT2D eigenvalue weighted by molar-refractivity contribution is 0.0927. The van der Waals surface area contributed by atoms with Crippen molar-refractivity contribution in [3.63, 3.8) is 0 Å². The zero-order valence-electron chi connectivity index (χ0n) is 14.4. The van der Waals surface area contributed by atoms with Crippen molar-refractivity contribution in [3.05, 3.63) is 57.1 Å². The summed E-state index contributed by atoms with van der Waals surface area (Å²) in [7, 11) is 0. The van der Waals surface area contributed by atoms with Crippen LogP contribution in [-0.4, -0.2) is 28.4 Å². The van der Waals surface area contributed by atoms with Gasteiger partial charge in [-0.1, -0.05) is 0 Å². The Hall–Kier alpha value is -3.16. The molecule has 1 unspecified atom stereocenters. The number of carbonyl (C=O) groups excluding carboxylic acids is 2. The number of fused-ring (bicyclic) bond motifs is 1. The maximum absolute atomic E-state index is 12.7. The fraction of sp³-hybridized carbons (Fsp3) is 0.333. The summed E-state index contributed by atoms with van der Waals surface area (Å²) in [5.74, 6) is -0.857. The second-order valence-corrected chi connectivity index (χ2v) is 6.02. The van der Waals surface area contributed by atoms with Gasteiger partial charge in [0.2, 0.25) is 5.88 Å². The average molecular weight is 356 g/mol. The molecule has 2 amide bonds. The summed E-state index contributed by atoms with van der Waals surface area (Å²) < 4.78 is 5.40. The molecule has 0 aromatic carbocycles. The standard InChI is InChI=1S/C18H20N4O4/c1-2-26-18-10(5-4-8-20-18)16(24)21-13-6-3-7-14-11(13)9-12(15(19)23)17(25)22-14/h4-5,8-9,13H,2-3,6-7H2,1H3,(H2,19,23)(H,21,24)(H,22,25). The van der Waals surface area contributed by atoms with Crippen molar-refractivity contribution in [2.75, 3.05) is 6.61 Å². The van der Waals surface area contributed by atoms with Crippen LogP contribution < -0.4 is 21.3 Å². The van der Waals surface area contributed by atoms with Crippen LogP contribution in [-0.2, 0) is 6.42 Å². The number of nitrogens with two attached hydrogens (primary N) is 1. The predicted molar refractivity (Wildman–Crippen MR) is 94.1 cm³/mol. The monoisotopic (exact) mass is 356 g/mol. The van der Waals surface area contributed by atoms with E-state index in [0.717, 1.165) is 6.42 Å². The number of amides is 2. The first-order valence-electron chi connectivity index (χ1n) is 8.45. The highest BCUT2D eigenvalue weighted by Crippen LogP contribution is 2.29. The van der Waals surface area contributed by atoms with Crippen molar-refractivity contribution in [2.24, 2.45) is 5.73 Å². The highest BCUT2D eigenvalue weighted by atomic mass is 16.5. The van der Waals surface area contributed by atoms with Gasteiger partial charge in [-0.2, -0.15) is 0 Å². The van der Waals surface area contributed by atoms with E-state index in [1.165, 1.54) is 6.07 Å². The van der Waals surface area contributed by atoms with E-state index in [-0.39, 0.29) is 23.4 Å². The van der Waals surface area contributed by atoms with Crippen LogP contribution in [0.2, 0.25) is 0 Å². The zero-order chi connectivity index (χ0) is 18.7. The molecule has 2 heterocycles. The van der Waals surface area contributed by atoms with Gasteiger partial charge in [-0.15, -0.1) is 0 Å². The molecule has 2 aromatic heterocycles. The van der Waals surface area contributed by atoms with Crippen molar-refractivity contribution in [2.45, 2.75) is 32.2 Å². The van der Waals surface area contributed by atoms with Gasteiger partial charge in [0.1, 0.15) is 11.1 Å². The smallest absolute Gasteiger partial charge is 0.261 e. The Morgan fingerprint density at radius 3 is 2.96 bits per heavy atom. The molecule has 1 aliphatic carbocycles. The number of rotatable bonds is 5. The lowest BCUT2D eigenvalue weighted by Gasteiger charge is -2.26. The Kier molecular flexibility index (Phi) is 5.01. The molecule has 8 nitrogen and oxygen atoms in total. The number of H-pyrrole nitrogens is 1. The molecule has 0 saturated heterocycles. The van der Waals surface area contributed by atoms with Crippen molar-refractivity contribution in [1.29, 1.82) is 0 Å². The normalized spacial score (nSPS) is 15.8. The van der Waals surface area contributed by atoms with Crippen LogP contribution in [0, 0.1) is 0 Å². The summed E-state index contributed by atoms with van der Waals surface area (Å²) in [6.45, 7) is 2.21.